The molecule has 2 fully saturated rings. The van der Waals surface area contributed by atoms with Crippen LogP contribution in [-0.2, 0) is 0 Å². The fraction of sp³-hybridized carbons (Fsp3) is 0.583. The van der Waals surface area contributed by atoms with Crippen LogP contribution in [0.25, 0.3) is 0 Å². The first kappa shape index (κ1) is 11.9. The van der Waals surface area contributed by atoms with Gasteiger partial charge in [0, 0.05) is 25.2 Å². The van der Waals surface area contributed by atoms with E-state index in [1.54, 1.807) is 0 Å². The molecule has 0 radical (unpaired) electrons. The highest BCUT2D eigenvalue weighted by Crippen LogP contribution is 2.30. The predicted molar refractivity (Wildman–Crippen MR) is 69.1 cm³/mol. The van der Waals surface area contributed by atoms with Crippen molar-refractivity contribution in [2.75, 3.05) is 18.4 Å². The lowest BCUT2D eigenvalue weighted by atomic mass is 10.2. The van der Waals surface area contributed by atoms with Gasteiger partial charge in [0.2, 0.25) is 0 Å². The minimum atomic E-state index is 0.208. The number of hydrogen-bond donors (Lipinski definition) is 1. The molecule has 1 N–H and O–H groups in total. The number of aldehydes is 1. The van der Waals surface area contributed by atoms with Crippen molar-refractivity contribution < 1.29 is 4.79 Å². The zero-order chi connectivity index (χ0) is 12.5. The molecule has 1 aliphatic heterocycles. The van der Waals surface area contributed by atoms with E-state index in [2.05, 4.69) is 20.2 Å². The molecule has 1 saturated heterocycles. The second-order valence-corrected chi connectivity index (χ2v) is 5.26. The van der Waals surface area contributed by atoms with Gasteiger partial charge in [0.05, 0.1) is 5.56 Å². The first-order chi connectivity index (χ1) is 8.78. The molecule has 1 unspecified atom stereocenters. The van der Waals surface area contributed by atoms with Crippen LogP contribution in [0, 0.1) is 0 Å². The normalized spacial score (nSPS) is 24.2. The Hall–Kier alpha value is -1.20. The van der Waals surface area contributed by atoms with Gasteiger partial charge in [-0.1, -0.05) is 11.6 Å². The van der Waals surface area contributed by atoms with E-state index in [1.165, 1.54) is 19.2 Å². The summed E-state index contributed by atoms with van der Waals surface area (Å²) in [5, 5.41) is 3.51. The van der Waals surface area contributed by atoms with Crippen LogP contribution in [0.2, 0.25) is 5.15 Å². The van der Waals surface area contributed by atoms with E-state index in [4.69, 9.17) is 11.6 Å². The lowest BCUT2D eigenvalue weighted by molar-refractivity contribution is 0.112. The van der Waals surface area contributed by atoms with Crippen molar-refractivity contribution >= 4 is 23.7 Å². The quantitative estimate of drug-likeness (QED) is 0.663. The van der Waals surface area contributed by atoms with Gasteiger partial charge in [-0.2, -0.15) is 0 Å². The Morgan fingerprint density at radius 3 is 2.94 bits per heavy atom. The predicted octanol–water partition coefficient (Wildman–Crippen LogP) is 1.59. The summed E-state index contributed by atoms with van der Waals surface area (Å²) in [6, 6.07) is 1.13. The van der Waals surface area contributed by atoms with E-state index in [0.29, 0.717) is 23.7 Å². The number of aromatic nitrogens is 2. The fourth-order valence-electron chi connectivity index (χ4n) is 2.46. The van der Waals surface area contributed by atoms with Crippen molar-refractivity contribution in [2.45, 2.75) is 31.3 Å². The zero-order valence-corrected chi connectivity index (χ0v) is 10.7. The Kier molecular flexibility index (Phi) is 3.18. The van der Waals surface area contributed by atoms with Crippen LogP contribution in [0.5, 0.6) is 0 Å². The molecule has 1 aromatic heterocycles. The maximum Gasteiger partial charge on any atom is 0.156 e. The first-order valence-corrected chi connectivity index (χ1v) is 6.62. The van der Waals surface area contributed by atoms with Gasteiger partial charge in [0.15, 0.2) is 6.29 Å². The summed E-state index contributed by atoms with van der Waals surface area (Å²) in [5.41, 5.74) is 0.351. The number of hydrogen-bond acceptors (Lipinski definition) is 5. The number of halogens is 1. The molecule has 3 rings (SSSR count). The van der Waals surface area contributed by atoms with Gasteiger partial charge in [0.25, 0.3) is 0 Å². The molecule has 0 spiro atoms. The minimum absolute atomic E-state index is 0.208. The zero-order valence-electron chi connectivity index (χ0n) is 9.97. The van der Waals surface area contributed by atoms with Crippen LogP contribution < -0.4 is 5.32 Å². The van der Waals surface area contributed by atoms with Gasteiger partial charge in [-0.25, -0.2) is 9.97 Å². The molecule has 0 bridgehead atoms. The summed E-state index contributed by atoms with van der Waals surface area (Å²) in [5.74, 6) is 0.549. The van der Waals surface area contributed by atoms with Crippen molar-refractivity contribution in [1.29, 1.82) is 0 Å². The van der Waals surface area contributed by atoms with Crippen molar-refractivity contribution in [2.24, 2.45) is 0 Å². The Balaban J connectivity index is 1.69. The lowest BCUT2D eigenvalue weighted by Crippen LogP contribution is -2.28. The van der Waals surface area contributed by atoms with Crippen LogP contribution in [0.3, 0.4) is 0 Å². The molecular weight excluding hydrogens is 252 g/mol. The monoisotopic (exact) mass is 266 g/mol. The van der Waals surface area contributed by atoms with Crippen molar-refractivity contribution in [3.63, 3.8) is 0 Å². The molecule has 0 amide bonds. The molecule has 1 atom stereocenters. The topological polar surface area (TPSA) is 58.1 Å². The molecule has 6 heteroatoms. The molecule has 96 valence electrons. The molecule has 2 heterocycles. The van der Waals surface area contributed by atoms with Gasteiger partial charge in [-0.15, -0.1) is 0 Å². The second kappa shape index (κ2) is 4.82. The number of nitrogens with zero attached hydrogens (tertiary/aromatic N) is 3. The molecular formula is C12H15ClN4O. The van der Waals surface area contributed by atoms with E-state index < -0.39 is 0 Å². The summed E-state index contributed by atoms with van der Waals surface area (Å²) in [6.07, 6.45) is 5.82. The summed E-state index contributed by atoms with van der Waals surface area (Å²) in [7, 11) is 0. The molecule has 1 aliphatic carbocycles. The second-order valence-electron chi connectivity index (χ2n) is 4.90. The third-order valence-corrected chi connectivity index (χ3v) is 3.88. The highest BCUT2D eigenvalue weighted by Gasteiger charge is 2.34. The SMILES string of the molecule is O=Cc1c(Cl)ncnc1NC1CCN(C2CC2)C1. The third kappa shape index (κ3) is 2.33. The van der Waals surface area contributed by atoms with Gasteiger partial charge < -0.3 is 5.32 Å². The van der Waals surface area contributed by atoms with E-state index in [9.17, 15) is 4.79 Å². The van der Waals surface area contributed by atoms with Gasteiger partial charge in [-0.05, 0) is 19.3 Å². The van der Waals surface area contributed by atoms with Crippen LogP contribution in [-0.4, -0.2) is 46.3 Å². The van der Waals surface area contributed by atoms with Crippen LogP contribution >= 0.6 is 11.6 Å². The van der Waals surface area contributed by atoms with Crippen molar-refractivity contribution in [3.8, 4) is 0 Å². The van der Waals surface area contributed by atoms with E-state index in [1.807, 2.05) is 0 Å². The number of likely N-dealkylation sites (tertiary alicyclic amines) is 1. The Bertz CT molecular complexity index is 463. The van der Waals surface area contributed by atoms with E-state index >= 15 is 0 Å². The van der Waals surface area contributed by atoms with Crippen LogP contribution in [0.4, 0.5) is 5.82 Å². The van der Waals surface area contributed by atoms with Gasteiger partial charge >= 0.3 is 0 Å². The summed E-state index contributed by atoms with van der Waals surface area (Å²) in [6.45, 7) is 2.14. The Morgan fingerprint density at radius 2 is 2.22 bits per heavy atom. The average Bonchev–Trinajstić information content (AvgIpc) is 3.11. The first-order valence-electron chi connectivity index (χ1n) is 6.24. The summed E-state index contributed by atoms with van der Waals surface area (Å²) in [4.78, 5) is 21.4. The molecule has 1 saturated carbocycles. The number of rotatable bonds is 4. The number of nitrogens with one attached hydrogen (secondary N) is 1. The average molecular weight is 267 g/mol. The van der Waals surface area contributed by atoms with Crippen molar-refractivity contribution in [3.05, 3.63) is 17.0 Å². The number of carbonyl (C=O) groups excluding carboxylic acids is 1. The highest BCUT2D eigenvalue weighted by molar-refractivity contribution is 6.32. The van der Waals surface area contributed by atoms with E-state index in [0.717, 1.165) is 25.6 Å². The van der Waals surface area contributed by atoms with Crippen molar-refractivity contribution in [1.82, 2.24) is 14.9 Å². The minimum Gasteiger partial charge on any atom is -0.365 e. The highest BCUT2D eigenvalue weighted by atomic mass is 35.5. The summed E-state index contributed by atoms with van der Waals surface area (Å²) < 4.78 is 0. The number of carbonyl (C=O) groups is 1. The fourth-order valence-corrected chi connectivity index (χ4v) is 2.64. The lowest BCUT2D eigenvalue weighted by Gasteiger charge is -2.16. The Morgan fingerprint density at radius 1 is 1.39 bits per heavy atom. The largest absolute Gasteiger partial charge is 0.365 e. The smallest absolute Gasteiger partial charge is 0.156 e. The van der Waals surface area contributed by atoms with Crippen LogP contribution in [0.1, 0.15) is 29.6 Å². The maximum atomic E-state index is 11.0. The standard InChI is InChI=1S/C12H15ClN4O/c13-11-10(6-18)12(15-7-14-11)16-8-3-4-17(5-8)9-1-2-9/h6-9H,1-5H2,(H,14,15,16). The molecule has 18 heavy (non-hydrogen) atoms. The maximum absolute atomic E-state index is 11.0. The Labute approximate surface area is 111 Å². The molecule has 0 aromatic carbocycles. The summed E-state index contributed by atoms with van der Waals surface area (Å²) >= 11 is 5.87. The van der Waals surface area contributed by atoms with Crippen LogP contribution in [0.15, 0.2) is 6.33 Å². The molecule has 5 nitrogen and oxygen atoms in total. The van der Waals surface area contributed by atoms with Gasteiger partial charge in [-0.3, -0.25) is 9.69 Å². The van der Waals surface area contributed by atoms with E-state index in [-0.39, 0.29) is 5.15 Å². The van der Waals surface area contributed by atoms with Gasteiger partial charge in [0.1, 0.15) is 17.3 Å². The third-order valence-electron chi connectivity index (χ3n) is 3.58. The molecule has 1 aromatic rings. The number of anilines is 1. The molecule has 2 aliphatic rings.